The van der Waals surface area contributed by atoms with Gasteiger partial charge in [-0.2, -0.15) is 0 Å². The lowest BCUT2D eigenvalue weighted by Gasteiger charge is -2.10. The monoisotopic (exact) mass is 220 g/mol. The van der Waals surface area contributed by atoms with Crippen molar-refractivity contribution < 1.29 is 4.79 Å². The van der Waals surface area contributed by atoms with E-state index < -0.39 is 0 Å². The van der Waals surface area contributed by atoms with Gasteiger partial charge in [0.15, 0.2) is 0 Å². The Morgan fingerprint density at radius 2 is 2.12 bits per heavy atom. The molecule has 0 saturated heterocycles. The zero-order valence-electron chi connectivity index (χ0n) is 9.16. The van der Waals surface area contributed by atoms with E-state index in [2.05, 4.69) is 10.3 Å². The molecule has 1 aromatic heterocycles. The van der Waals surface area contributed by atoms with Crippen molar-refractivity contribution in [1.82, 2.24) is 10.3 Å². The van der Waals surface area contributed by atoms with Crippen LogP contribution in [-0.4, -0.2) is 17.4 Å². The molecule has 1 aromatic rings. The maximum absolute atomic E-state index is 11.7. The number of aromatic amines is 1. The summed E-state index contributed by atoms with van der Waals surface area (Å²) in [5.41, 5.74) is 0.0963. The molecule has 4 nitrogen and oxygen atoms in total. The minimum absolute atomic E-state index is 0.190. The van der Waals surface area contributed by atoms with Crippen LogP contribution in [0.25, 0.3) is 0 Å². The second-order valence-electron chi connectivity index (χ2n) is 4.29. The van der Waals surface area contributed by atoms with Crippen molar-refractivity contribution in [2.45, 2.75) is 25.7 Å². The van der Waals surface area contributed by atoms with E-state index in [0.717, 1.165) is 6.54 Å². The highest BCUT2D eigenvalue weighted by atomic mass is 16.2. The molecule has 1 aliphatic rings. The van der Waals surface area contributed by atoms with Gasteiger partial charge in [-0.25, -0.2) is 0 Å². The SMILES string of the molecule is O=C(NCC1CCCC1)c1cccc(=O)[nH]1. The Labute approximate surface area is 94.1 Å². The normalized spacial score (nSPS) is 16.2. The molecule has 1 amide bonds. The van der Waals surface area contributed by atoms with Crippen molar-refractivity contribution in [2.75, 3.05) is 6.54 Å². The predicted molar refractivity (Wildman–Crippen MR) is 61.4 cm³/mol. The Morgan fingerprint density at radius 3 is 2.81 bits per heavy atom. The minimum Gasteiger partial charge on any atom is -0.350 e. The second kappa shape index (κ2) is 4.96. The third kappa shape index (κ3) is 2.72. The van der Waals surface area contributed by atoms with Gasteiger partial charge in [0.05, 0.1) is 0 Å². The van der Waals surface area contributed by atoms with Crippen molar-refractivity contribution in [3.63, 3.8) is 0 Å². The quantitative estimate of drug-likeness (QED) is 0.806. The van der Waals surface area contributed by atoms with Crippen LogP contribution in [0.5, 0.6) is 0 Å². The smallest absolute Gasteiger partial charge is 0.267 e. The molecular formula is C12H16N2O2. The summed E-state index contributed by atoms with van der Waals surface area (Å²) < 4.78 is 0. The van der Waals surface area contributed by atoms with Crippen LogP contribution in [0.1, 0.15) is 36.2 Å². The summed E-state index contributed by atoms with van der Waals surface area (Å²) in [5.74, 6) is 0.420. The number of hydrogen-bond donors (Lipinski definition) is 2. The molecule has 0 unspecified atom stereocenters. The van der Waals surface area contributed by atoms with Crippen LogP contribution in [0.4, 0.5) is 0 Å². The number of aromatic nitrogens is 1. The number of carbonyl (C=O) groups excluding carboxylic acids is 1. The van der Waals surface area contributed by atoms with Gasteiger partial charge in [0.25, 0.3) is 5.91 Å². The van der Waals surface area contributed by atoms with E-state index in [-0.39, 0.29) is 11.5 Å². The molecule has 4 heteroatoms. The number of hydrogen-bond acceptors (Lipinski definition) is 2. The largest absolute Gasteiger partial charge is 0.350 e. The lowest BCUT2D eigenvalue weighted by Crippen LogP contribution is -2.30. The van der Waals surface area contributed by atoms with Gasteiger partial charge in [-0.1, -0.05) is 18.9 Å². The third-order valence-corrected chi connectivity index (χ3v) is 3.04. The van der Waals surface area contributed by atoms with E-state index in [4.69, 9.17) is 0 Å². The van der Waals surface area contributed by atoms with Gasteiger partial charge in [-0.15, -0.1) is 0 Å². The Morgan fingerprint density at radius 1 is 1.38 bits per heavy atom. The number of amides is 1. The number of pyridine rings is 1. The van der Waals surface area contributed by atoms with Crippen LogP contribution >= 0.6 is 0 Å². The van der Waals surface area contributed by atoms with E-state index >= 15 is 0 Å². The summed E-state index contributed by atoms with van der Waals surface area (Å²) in [6.07, 6.45) is 4.93. The molecule has 86 valence electrons. The van der Waals surface area contributed by atoms with Crippen molar-refractivity contribution >= 4 is 5.91 Å². The first-order chi connectivity index (χ1) is 7.75. The zero-order valence-corrected chi connectivity index (χ0v) is 9.16. The molecule has 2 N–H and O–H groups in total. The third-order valence-electron chi connectivity index (χ3n) is 3.04. The highest BCUT2D eigenvalue weighted by molar-refractivity contribution is 5.92. The van der Waals surface area contributed by atoms with Crippen LogP contribution < -0.4 is 10.9 Å². The minimum atomic E-state index is -0.242. The van der Waals surface area contributed by atoms with E-state index in [0.29, 0.717) is 11.6 Å². The predicted octanol–water partition coefficient (Wildman–Crippen LogP) is 1.29. The lowest BCUT2D eigenvalue weighted by atomic mass is 10.1. The van der Waals surface area contributed by atoms with E-state index in [9.17, 15) is 9.59 Å². The van der Waals surface area contributed by atoms with Gasteiger partial charge < -0.3 is 10.3 Å². The molecule has 1 saturated carbocycles. The van der Waals surface area contributed by atoms with Crippen LogP contribution in [0, 0.1) is 5.92 Å². The molecule has 0 aromatic carbocycles. The Balaban J connectivity index is 1.90. The van der Waals surface area contributed by atoms with Crippen LogP contribution in [0.15, 0.2) is 23.0 Å². The van der Waals surface area contributed by atoms with Crippen molar-refractivity contribution in [1.29, 1.82) is 0 Å². The number of carbonyl (C=O) groups is 1. The molecule has 0 bridgehead atoms. The number of rotatable bonds is 3. The summed E-state index contributed by atoms with van der Waals surface area (Å²) in [6, 6.07) is 4.60. The van der Waals surface area contributed by atoms with E-state index in [1.165, 1.54) is 31.7 Å². The van der Waals surface area contributed by atoms with Gasteiger partial charge in [0.1, 0.15) is 5.69 Å². The van der Waals surface area contributed by atoms with Gasteiger partial charge in [-0.3, -0.25) is 9.59 Å². The highest BCUT2D eigenvalue weighted by Gasteiger charge is 2.16. The van der Waals surface area contributed by atoms with Gasteiger partial charge >= 0.3 is 0 Å². The number of H-pyrrole nitrogens is 1. The fourth-order valence-electron chi connectivity index (χ4n) is 2.13. The molecular weight excluding hydrogens is 204 g/mol. The fourth-order valence-corrected chi connectivity index (χ4v) is 2.13. The number of nitrogens with one attached hydrogen (secondary N) is 2. The first kappa shape index (κ1) is 10.9. The van der Waals surface area contributed by atoms with E-state index in [1.807, 2.05) is 0 Å². The standard InChI is InChI=1S/C12H16N2O2/c15-11-7-3-6-10(14-11)12(16)13-8-9-4-1-2-5-9/h3,6-7,9H,1-2,4-5,8H2,(H,13,16)(H,14,15). The second-order valence-corrected chi connectivity index (χ2v) is 4.29. The average molecular weight is 220 g/mol. The van der Waals surface area contributed by atoms with Crippen LogP contribution in [-0.2, 0) is 0 Å². The Kier molecular flexibility index (Phi) is 3.39. The topological polar surface area (TPSA) is 62.0 Å². The summed E-state index contributed by atoms with van der Waals surface area (Å²) in [7, 11) is 0. The van der Waals surface area contributed by atoms with Crippen LogP contribution in [0.2, 0.25) is 0 Å². The summed E-state index contributed by atoms with van der Waals surface area (Å²) >= 11 is 0. The molecule has 0 atom stereocenters. The maximum Gasteiger partial charge on any atom is 0.267 e. The molecule has 1 heterocycles. The first-order valence-corrected chi connectivity index (χ1v) is 5.73. The first-order valence-electron chi connectivity index (χ1n) is 5.73. The Hall–Kier alpha value is -1.58. The van der Waals surface area contributed by atoms with Crippen LogP contribution in [0.3, 0.4) is 0 Å². The van der Waals surface area contributed by atoms with Crippen molar-refractivity contribution in [3.05, 3.63) is 34.2 Å². The maximum atomic E-state index is 11.7. The lowest BCUT2D eigenvalue weighted by molar-refractivity contribution is 0.0942. The average Bonchev–Trinajstić information content (AvgIpc) is 2.78. The molecule has 1 fully saturated rings. The summed E-state index contributed by atoms with van der Waals surface area (Å²) in [4.78, 5) is 25.2. The summed E-state index contributed by atoms with van der Waals surface area (Å²) in [6.45, 7) is 0.718. The molecule has 2 rings (SSSR count). The van der Waals surface area contributed by atoms with E-state index in [1.54, 1.807) is 12.1 Å². The summed E-state index contributed by atoms with van der Waals surface area (Å²) in [5, 5.41) is 2.86. The molecule has 0 radical (unpaired) electrons. The fraction of sp³-hybridized carbons (Fsp3) is 0.500. The highest BCUT2D eigenvalue weighted by Crippen LogP contribution is 2.23. The molecule has 0 spiro atoms. The molecule has 16 heavy (non-hydrogen) atoms. The zero-order chi connectivity index (χ0) is 11.4. The van der Waals surface area contributed by atoms with Crippen molar-refractivity contribution in [2.24, 2.45) is 5.92 Å². The molecule has 1 aliphatic carbocycles. The van der Waals surface area contributed by atoms with Crippen molar-refractivity contribution in [3.8, 4) is 0 Å². The van der Waals surface area contributed by atoms with Gasteiger partial charge in [0.2, 0.25) is 5.56 Å². The molecule has 0 aliphatic heterocycles. The Bertz CT molecular complexity index is 419. The van der Waals surface area contributed by atoms with Gasteiger partial charge in [0, 0.05) is 12.6 Å². The van der Waals surface area contributed by atoms with Gasteiger partial charge in [-0.05, 0) is 24.8 Å².